The van der Waals surface area contributed by atoms with Crippen LogP contribution >= 0.6 is 11.3 Å². The third-order valence-electron chi connectivity index (χ3n) is 4.65. The van der Waals surface area contributed by atoms with Gasteiger partial charge in [-0.15, -0.1) is 11.3 Å². The van der Waals surface area contributed by atoms with Gasteiger partial charge in [0.15, 0.2) is 5.84 Å². The SMILES string of the molecule is CCCc1cc2c(N3CCN(C(=N)C(F)(F)CN)C(=N)C3)nc(OCCO)nc2s1. The fourth-order valence-electron chi connectivity index (χ4n) is 3.17. The Morgan fingerprint density at radius 2 is 2.17 bits per heavy atom. The van der Waals surface area contributed by atoms with Gasteiger partial charge >= 0.3 is 11.9 Å². The number of aliphatic hydroxyl groups excluding tert-OH is 1. The number of aromatic nitrogens is 2. The van der Waals surface area contributed by atoms with Crippen LogP contribution in [0.2, 0.25) is 0 Å². The minimum atomic E-state index is -3.48. The molecule has 0 bridgehead atoms. The van der Waals surface area contributed by atoms with Crippen LogP contribution in [0.3, 0.4) is 0 Å². The lowest BCUT2D eigenvalue weighted by Crippen LogP contribution is -2.57. The van der Waals surface area contributed by atoms with Gasteiger partial charge in [0.1, 0.15) is 23.1 Å². The van der Waals surface area contributed by atoms with Gasteiger partial charge in [-0.25, -0.2) is 0 Å². The number of halogens is 2. The molecule has 164 valence electrons. The lowest BCUT2D eigenvalue weighted by molar-refractivity contribution is 0.0757. The molecule has 3 rings (SSSR count). The predicted molar refractivity (Wildman–Crippen MR) is 112 cm³/mol. The molecule has 0 atom stereocenters. The number of nitrogens with zero attached hydrogens (tertiary/aromatic N) is 4. The number of piperazine rings is 1. The van der Waals surface area contributed by atoms with Gasteiger partial charge in [-0.3, -0.25) is 10.8 Å². The number of aliphatic hydroxyl groups is 1. The summed E-state index contributed by atoms with van der Waals surface area (Å²) in [5.41, 5.74) is 5.08. The number of ether oxygens (including phenoxy) is 1. The van der Waals surface area contributed by atoms with Crippen LogP contribution in [0.4, 0.5) is 14.6 Å². The number of nitrogens with two attached hydrogens (primary N) is 1. The van der Waals surface area contributed by atoms with Crippen LogP contribution in [0.5, 0.6) is 6.01 Å². The Labute approximate surface area is 176 Å². The zero-order valence-electron chi connectivity index (χ0n) is 16.6. The summed E-state index contributed by atoms with van der Waals surface area (Å²) in [4.78, 5) is 13.5. The number of amidine groups is 2. The summed E-state index contributed by atoms with van der Waals surface area (Å²) in [5, 5.41) is 25.8. The first kappa shape index (κ1) is 22.2. The van der Waals surface area contributed by atoms with E-state index in [9.17, 15) is 8.78 Å². The Balaban J connectivity index is 1.90. The first-order valence-electron chi connectivity index (χ1n) is 9.61. The number of alkyl halides is 2. The Morgan fingerprint density at radius 3 is 2.80 bits per heavy atom. The van der Waals surface area contributed by atoms with E-state index in [0.717, 1.165) is 32.8 Å². The molecule has 0 aromatic carbocycles. The molecule has 30 heavy (non-hydrogen) atoms. The average Bonchev–Trinajstić information content (AvgIpc) is 3.13. The summed E-state index contributed by atoms with van der Waals surface area (Å²) in [7, 11) is 0. The maximum absolute atomic E-state index is 13.8. The van der Waals surface area contributed by atoms with Gasteiger partial charge in [-0.1, -0.05) is 13.3 Å². The summed E-state index contributed by atoms with van der Waals surface area (Å²) >= 11 is 1.53. The van der Waals surface area contributed by atoms with Gasteiger partial charge in [-0.05, 0) is 12.5 Å². The van der Waals surface area contributed by atoms with Crippen molar-refractivity contribution in [2.45, 2.75) is 25.7 Å². The predicted octanol–water partition coefficient (Wildman–Crippen LogP) is 1.69. The van der Waals surface area contributed by atoms with Crippen LogP contribution in [0.15, 0.2) is 6.07 Å². The molecule has 2 aromatic rings. The summed E-state index contributed by atoms with van der Waals surface area (Å²) in [6.45, 7) is 1.31. The summed E-state index contributed by atoms with van der Waals surface area (Å²) in [6, 6.07) is 2.13. The number of anilines is 1. The second-order valence-electron chi connectivity index (χ2n) is 6.86. The van der Waals surface area contributed by atoms with E-state index in [2.05, 4.69) is 16.9 Å². The number of rotatable bonds is 8. The van der Waals surface area contributed by atoms with E-state index in [1.807, 2.05) is 6.07 Å². The van der Waals surface area contributed by atoms with E-state index in [4.69, 9.17) is 26.4 Å². The number of fused-ring (bicyclic) bond motifs is 1. The van der Waals surface area contributed by atoms with Gasteiger partial charge in [0.2, 0.25) is 0 Å². The number of thiophene rings is 1. The van der Waals surface area contributed by atoms with Gasteiger partial charge in [0, 0.05) is 18.0 Å². The van der Waals surface area contributed by atoms with Crippen molar-refractivity contribution in [2.75, 3.05) is 44.3 Å². The quantitative estimate of drug-likeness (QED) is 0.361. The molecule has 0 unspecified atom stereocenters. The van der Waals surface area contributed by atoms with E-state index in [1.165, 1.54) is 11.3 Å². The lowest BCUT2D eigenvalue weighted by atomic mass is 10.2. The van der Waals surface area contributed by atoms with Gasteiger partial charge in [-0.2, -0.15) is 18.7 Å². The standard InChI is InChI=1S/C18H25F2N7O2S/c1-2-3-11-8-12-14(24-17(29-7-6-28)25-15(12)30-11)26-4-5-27(13(22)9-26)16(23)18(19,20)10-21/h8,22-23,28H,2-7,9-10,21H2,1H3. The first-order chi connectivity index (χ1) is 14.3. The summed E-state index contributed by atoms with van der Waals surface area (Å²) in [6.07, 6.45) is 1.87. The van der Waals surface area contributed by atoms with E-state index in [1.54, 1.807) is 4.90 Å². The Kier molecular flexibility index (Phi) is 6.78. The average molecular weight is 442 g/mol. The normalized spacial score (nSPS) is 15.2. The second kappa shape index (κ2) is 9.14. The molecule has 1 aliphatic heterocycles. The topological polar surface area (TPSA) is 135 Å². The fourth-order valence-corrected chi connectivity index (χ4v) is 4.29. The largest absolute Gasteiger partial charge is 0.461 e. The molecule has 12 heteroatoms. The van der Waals surface area contributed by atoms with Gasteiger partial charge < -0.3 is 25.4 Å². The van der Waals surface area contributed by atoms with Crippen molar-refractivity contribution in [3.05, 3.63) is 10.9 Å². The highest BCUT2D eigenvalue weighted by atomic mass is 32.1. The van der Waals surface area contributed by atoms with Crippen molar-refractivity contribution in [2.24, 2.45) is 5.73 Å². The number of hydrogen-bond donors (Lipinski definition) is 4. The van der Waals surface area contributed by atoms with Gasteiger partial charge in [0.25, 0.3) is 0 Å². The van der Waals surface area contributed by atoms with Crippen LogP contribution in [-0.2, 0) is 6.42 Å². The van der Waals surface area contributed by atoms with E-state index < -0.39 is 18.3 Å². The smallest absolute Gasteiger partial charge is 0.319 e. The maximum atomic E-state index is 13.8. The zero-order valence-corrected chi connectivity index (χ0v) is 17.4. The third-order valence-corrected chi connectivity index (χ3v) is 5.74. The minimum absolute atomic E-state index is 0.00748. The molecule has 0 amide bonds. The number of nitrogens with one attached hydrogen (secondary N) is 2. The molecule has 5 N–H and O–H groups in total. The maximum Gasteiger partial charge on any atom is 0.319 e. The molecule has 1 saturated heterocycles. The zero-order chi connectivity index (χ0) is 21.9. The van der Waals surface area contributed by atoms with Crippen LogP contribution in [0.25, 0.3) is 10.2 Å². The summed E-state index contributed by atoms with van der Waals surface area (Å²) < 4.78 is 33.0. The third kappa shape index (κ3) is 4.50. The molecule has 2 aromatic heterocycles. The molecule has 1 fully saturated rings. The number of hydrogen-bond acceptors (Lipinski definition) is 9. The highest BCUT2D eigenvalue weighted by Gasteiger charge is 2.40. The minimum Gasteiger partial charge on any atom is -0.461 e. The molecule has 9 nitrogen and oxygen atoms in total. The fraction of sp³-hybridized carbons (Fsp3) is 0.556. The molecule has 0 radical (unpaired) electrons. The van der Waals surface area contributed by atoms with E-state index in [-0.39, 0.29) is 44.7 Å². The Bertz CT molecular complexity index is 937. The van der Waals surface area contributed by atoms with Crippen LogP contribution < -0.4 is 15.4 Å². The van der Waals surface area contributed by atoms with E-state index >= 15 is 0 Å². The Hall–Kier alpha value is -2.44. The number of aryl methyl sites for hydroxylation is 1. The summed E-state index contributed by atoms with van der Waals surface area (Å²) in [5.74, 6) is -4.03. The molecular formula is C18H25F2N7O2S. The highest BCUT2D eigenvalue weighted by molar-refractivity contribution is 7.18. The van der Waals surface area contributed by atoms with Crippen molar-refractivity contribution in [1.29, 1.82) is 10.8 Å². The Morgan fingerprint density at radius 1 is 1.40 bits per heavy atom. The molecular weight excluding hydrogens is 416 g/mol. The van der Waals surface area contributed by atoms with Crippen molar-refractivity contribution < 1.29 is 18.6 Å². The van der Waals surface area contributed by atoms with Crippen molar-refractivity contribution >= 4 is 39.0 Å². The lowest BCUT2D eigenvalue weighted by Gasteiger charge is -2.38. The second-order valence-corrected chi connectivity index (χ2v) is 7.98. The van der Waals surface area contributed by atoms with Crippen LogP contribution in [0.1, 0.15) is 18.2 Å². The highest BCUT2D eigenvalue weighted by Crippen LogP contribution is 2.34. The van der Waals surface area contributed by atoms with Crippen molar-refractivity contribution in [3.8, 4) is 6.01 Å². The van der Waals surface area contributed by atoms with Gasteiger partial charge in [0.05, 0.1) is 25.1 Å². The van der Waals surface area contributed by atoms with Crippen molar-refractivity contribution in [1.82, 2.24) is 14.9 Å². The van der Waals surface area contributed by atoms with E-state index in [0.29, 0.717) is 5.82 Å². The van der Waals surface area contributed by atoms with Crippen LogP contribution in [0, 0.1) is 10.8 Å². The van der Waals surface area contributed by atoms with Crippen molar-refractivity contribution in [3.63, 3.8) is 0 Å². The first-order valence-corrected chi connectivity index (χ1v) is 10.4. The monoisotopic (exact) mass is 441 g/mol. The molecule has 0 aliphatic carbocycles. The molecule has 1 aliphatic rings. The molecule has 3 heterocycles. The van der Waals surface area contributed by atoms with Crippen LogP contribution in [-0.4, -0.2) is 77.0 Å². The molecule has 0 saturated carbocycles. The molecule has 0 spiro atoms.